The minimum atomic E-state index is -4.44. The first-order chi connectivity index (χ1) is 9.31. The molecule has 0 atom stereocenters. The van der Waals surface area contributed by atoms with Crippen molar-refractivity contribution in [3.63, 3.8) is 0 Å². The van der Waals surface area contributed by atoms with Crippen LogP contribution in [-0.2, 0) is 16.1 Å². The standard InChI is InChI=1S/C13H13F3N2O2/c1-18(12(19)8-20-9-13(14,15)16)7-11-4-2-3-10(5-11)6-17/h2-5H,7-9H2,1H3. The molecule has 20 heavy (non-hydrogen) atoms. The minimum Gasteiger partial charge on any atom is -0.362 e. The van der Waals surface area contributed by atoms with Crippen LogP contribution in [0.4, 0.5) is 13.2 Å². The molecule has 0 fully saturated rings. The highest BCUT2D eigenvalue weighted by molar-refractivity contribution is 5.77. The van der Waals surface area contributed by atoms with Gasteiger partial charge in [0.2, 0.25) is 5.91 Å². The van der Waals surface area contributed by atoms with Crippen LogP contribution >= 0.6 is 0 Å². The second-order valence-electron chi connectivity index (χ2n) is 4.17. The molecule has 0 saturated heterocycles. The first-order valence-electron chi connectivity index (χ1n) is 5.69. The molecule has 0 unspecified atom stereocenters. The Labute approximate surface area is 114 Å². The number of halogens is 3. The molecular weight excluding hydrogens is 273 g/mol. The summed E-state index contributed by atoms with van der Waals surface area (Å²) < 4.78 is 39.9. The third-order valence-electron chi connectivity index (χ3n) is 2.39. The predicted molar refractivity (Wildman–Crippen MR) is 64.5 cm³/mol. The van der Waals surface area contributed by atoms with Crippen LogP contribution in [0.5, 0.6) is 0 Å². The summed E-state index contributed by atoms with van der Waals surface area (Å²) in [5.41, 5.74) is 1.17. The molecule has 0 heterocycles. The summed E-state index contributed by atoms with van der Waals surface area (Å²) in [6.45, 7) is -1.88. The molecule has 1 amide bonds. The number of carbonyl (C=O) groups is 1. The Morgan fingerprint density at radius 2 is 2.15 bits per heavy atom. The van der Waals surface area contributed by atoms with Crippen LogP contribution in [-0.4, -0.2) is 37.2 Å². The normalized spacial score (nSPS) is 10.9. The SMILES string of the molecule is CN(Cc1cccc(C#N)c1)C(=O)COCC(F)(F)F. The van der Waals surface area contributed by atoms with Crippen molar-refractivity contribution < 1.29 is 22.7 Å². The molecule has 0 spiro atoms. The van der Waals surface area contributed by atoms with Crippen molar-refractivity contribution in [2.75, 3.05) is 20.3 Å². The van der Waals surface area contributed by atoms with Gasteiger partial charge in [-0.3, -0.25) is 4.79 Å². The van der Waals surface area contributed by atoms with Crippen LogP contribution in [0.15, 0.2) is 24.3 Å². The van der Waals surface area contributed by atoms with Crippen LogP contribution in [0.2, 0.25) is 0 Å². The lowest BCUT2D eigenvalue weighted by Crippen LogP contribution is -2.31. The van der Waals surface area contributed by atoms with Crippen molar-refractivity contribution in [2.24, 2.45) is 0 Å². The van der Waals surface area contributed by atoms with E-state index in [4.69, 9.17) is 5.26 Å². The number of benzene rings is 1. The van der Waals surface area contributed by atoms with Gasteiger partial charge in [0, 0.05) is 13.6 Å². The summed E-state index contributed by atoms with van der Waals surface area (Å²) in [7, 11) is 1.46. The highest BCUT2D eigenvalue weighted by Crippen LogP contribution is 2.14. The molecule has 0 radical (unpaired) electrons. The Kier molecular flexibility index (Phi) is 5.53. The number of hydrogen-bond acceptors (Lipinski definition) is 3. The second kappa shape index (κ2) is 6.91. The van der Waals surface area contributed by atoms with Crippen molar-refractivity contribution >= 4 is 5.91 Å². The van der Waals surface area contributed by atoms with E-state index in [1.54, 1.807) is 24.3 Å². The molecule has 0 aliphatic carbocycles. The van der Waals surface area contributed by atoms with Gasteiger partial charge in [0.1, 0.15) is 13.2 Å². The van der Waals surface area contributed by atoms with Gasteiger partial charge in [0.25, 0.3) is 0 Å². The first-order valence-corrected chi connectivity index (χ1v) is 5.69. The van der Waals surface area contributed by atoms with Gasteiger partial charge in [-0.15, -0.1) is 0 Å². The van der Waals surface area contributed by atoms with Gasteiger partial charge < -0.3 is 9.64 Å². The van der Waals surface area contributed by atoms with Crippen molar-refractivity contribution in [3.05, 3.63) is 35.4 Å². The third kappa shape index (κ3) is 5.71. The molecule has 1 aromatic rings. The second-order valence-corrected chi connectivity index (χ2v) is 4.17. The average Bonchev–Trinajstić information content (AvgIpc) is 2.37. The third-order valence-corrected chi connectivity index (χ3v) is 2.39. The molecule has 0 saturated carbocycles. The Morgan fingerprint density at radius 3 is 2.75 bits per heavy atom. The highest BCUT2D eigenvalue weighted by atomic mass is 19.4. The molecule has 0 aromatic heterocycles. The Balaban J connectivity index is 2.47. The molecule has 0 aliphatic rings. The van der Waals surface area contributed by atoms with E-state index in [9.17, 15) is 18.0 Å². The van der Waals surface area contributed by atoms with Crippen molar-refractivity contribution in [3.8, 4) is 6.07 Å². The molecule has 108 valence electrons. The number of alkyl halides is 3. The number of amides is 1. The van der Waals surface area contributed by atoms with Crippen LogP contribution < -0.4 is 0 Å². The number of rotatable bonds is 5. The number of likely N-dealkylation sites (N-methyl/N-ethyl adjacent to an activating group) is 1. The summed E-state index contributed by atoms with van der Waals surface area (Å²) in [6.07, 6.45) is -4.44. The number of hydrogen-bond donors (Lipinski definition) is 0. The van der Waals surface area contributed by atoms with Gasteiger partial charge in [-0.05, 0) is 17.7 Å². The maximum atomic E-state index is 11.9. The largest absolute Gasteiger partial charge is 0.411 e. The zero-order valence-electron chi connectivity index (χ0n) is 10.8. The number of ether oxygens (including phenoxy) is 1. The van der Waals surface area contributed by atoms with E-state index in [0.717, 1.165) is 5.56 Å². The monoisotopic (exact) mass is 286 g/mol. The van der Waals surface area contributed by atoms with Crippen molar-refractivity contribution in [1.82, 2.24) is 4.90 Å². The Morgan fingerprint density at radius 1 is 1.45 bits per heavy atom. The van der Waals surface area contributed by atoms with Gasteiger partial charge in [-0.25, -0.2) is 0 Å². The number of nitrogens with zero attached hydrogens (tertiary/aromatic N) is 2. The summed E-state index contributed by atoms with van der Waals surface area (Å²) in [6, 6.07) is 8.60. The summed E-state index contributed by atoms with van der Waals surface area (Å²) in [5.74, 6) is -0.559. The van der Waals surface area contributed by atoms with E-state index in [2.05, 4.69) is 4.74 Å². The molecular formula is C13H13F3N2O2. The molecule has 4 nitrogen and oxygen atoms in total. The maximum absolute atomic E-state index is 11.9. The van der Waals surface area contributed by atoms with E-state index >= 15 is 0 Å². The molecule has 1 rings (SSSR count). The minimum absolute atomic E-state index is 0.198. The smallest absolute Gasteiger partial charge is 0.362 e. The Hall–Kier alpha value is -2.07. The van der Waals surface area contributed by atoms with E-state index in [0.29, 0.717) is 5.56 Å². The predicted octanol–water partition coefficient (Wildman–Crippen LogP) is 2.10. The maximum Gasteiger partial charge on any atom is 0.411 e. The lowest BCUT2D eigenvalue weighted by molar-refractivity contribution is -0.177. The molecule has 1 aromatic carbocycles. The molecule has 0 N–H and O–H groups in total. The molecule has 7 heteroatoms. The van der Waals surface area contributed by atoms with Gasteiger partial charge in [-0.1, -0.05) is 12.1 Å². The topological polar surface area (TPSA) is 53.3 Å². The van der Waals surface area contributed by atoms with Crippen LogP contribution in [0, 0.1) is 11.3 Å². The quantitative estimate of drug-likeness (QED) is 0.833. The summed E-state index contributed by atoms with van der Waals surface area (Å²) in [4.78, 5) is 12.8. The van der Waals surface area contributed by atoms with Crippen molar-refractivity contribution in [2.45, 2.75) is 12.7 Å². The van der Waals surface area contributed by atoms with Crippen molar-refractivity contribution in [1.29, 1.82) is 5.26 Å². The van der Waals surface area contributed by atoms with Gasteiger partial charge in [0.15, 0.2) is 0 Å². The van der Waals surface area contributed by atoms with Crippen LogP contribution in [0.25, 0.3) is 0 Å². The van der Waals surface area contributed by atoms with E-state index < -0.39 is 25.3 Å². The van der Waals surface area contributed by atoms with E-state index in [1.807, 2.05) is 6.07 Å². The summed E-state index contributed by atoms with van der Waals surface area (Å²) in [5, 5.41) is 8.74. The van der Waals surface area contributed by atoms with Gasteiger partial charge >= 0.3 is 6.18 Å². The van der Waals surface area contributed by atoms with Gasteiger partial charge in [0.05, 0.1) is 11.6 Å². The number of nitriles is 1. The number of carbonyl (C=O) groups excluding carboxylic acids is 1. The lowest BCUT2D eigenvalue weighted by atomic mass is 10.1. The fourth-order valence-electron chi connectivity index (χ4n) is 1.47. The average molecular weight is 286 g/mol. The lowest BCUT2D eigenvalue weighted by Gasteiger charge is -2.17. The zero-order chi connectivity index (χ0) is 15.2. The fraction of sp³-hybridized carbons (Fsp3) is 0.385. The summed E-state index contributed by atoms with van der Waals surface area (Å²) >= 11 is 0. The molecule has 0 aliphatic heterocycles. The first kappa shape index (κ1) is 16.0. The van der Waals surface area contributed by atoms with E-state index in [1.165, 1.54) is 11.9 Å². The van der Waals surface area contributed by atoms with Crippen LogP contribution in [0.1, 0.15) is 11.1 Å². The zero-order valence-corrected chi connectivity index (χ0v) is 10.8. The van der Waals surface area contributed by atoms with E-state index in [-0.39, 0.29) is 6.54 Å². The van der Waals surface area contributed by atoms with Gasteiger partial charge in [-0.2, -0.15) is 18.4 Å². The fourth-order valence-corrected chi connectivity index (χ4v) is 1.47. The highest BCUT2D eigenvalue weighted by Gasteiger charge is 2.28. The Bertz CT molecular complexity index is 509. The molecule has 0 bridgehead atoms. The van der Waals surface area contributed by atoms with Crippen LogP contribution in [0.3, 0.4) is 0 Å².